The summed E-state index contributed by atoms with van der Waals surface area (Å²) in [6.45, 7) is 8.04. The van der Waals surface area contributed by atoms with Crippen LogP contribution < -0.4 is 5.32 Å². The summed E-state index contributed by atoms with van der Waals surface area (Å²) < 4.78 is 23.3. The molecule has 0 fully saturated rings. The van der Waals surface area contributed by atoms with Gasteiger partial charge in [0.1, 0.15) is 0 Å². The fourth-order valence-corrected chi connectivity index (χ4v) is 3.80. The molecule has 0 bridgehead atoms. The predicted octanol–water partition coefficient (Wildman–Crippen LogP) is 3.64. The van der Waals surface area contributed by atoms with Crippen LogP contribution in [0.5, 0.6) is 0 Å². The average Bonchev–Trinajstić information content (AvgIpc) is 2.70. The normalized spacial score (nSPS) is 13.2. The SMILES string of the molecule is Cc1nc(C(C)Nc2cc(S(C)(=O)=O)ccc2C)c(C)s1. The van der Waals surface area contributed by atoms with Gasteiger partial charge in [0.25, 0.3) is 0 Å². The van der Waals surface area contributed by atoms with Crippen LogP contribution in [0.2, 0.25) is 0 Å². The van der Waals surface area contributed by atoms with Crippen molar-refractivity contribution in [2.24, 2.45) is 0 Å². The van der Waals surface area contributed by atoms with Gasteiger partial charge in [-0.1, -0.05) is 6.07 Å². The van der Waals surface area contributed by atoms with E-state index >= 15 is 0 Å². The zero-order chi connectivity index (χ0) is 15.8. The van der Waals surface area contributed by atoms with Crippen LogP contribution in [0.15, 0.2) is 23.1 Å². The average molecular weight is 324 g/mol. The molecule has 21 heavy (non-hydrogen) atoms. The molecule has 0 amide bonds. The van der Waals surface area contributed by atoms with Gasteiger partial charge in [-0.2, -0.15) is 0 Å². The molecule has 4 nitrogen and oxygen atoms in total. The number of thiazole rings is 1. The first-order chi connectivity index (χ1) is 9.68. The molecule has 6 heteroatoms. The highest BCUT2D eigenvalue weighted by atomic mass is 32.2. The van der Waals surface area contributed by atoms with E-state index in [-0.39, 0.29) is 6.04 Å². The minimum Gasteiger partial charge on any atom is -0.377 e. The molecule has 2 rings (SSSR count). The largest absolute Gasteiger partial charge is 0.377 e. The quantitative estimate of drug-likeness (QED) is 0.932. The number of aromatic nitrogens is 1. The lowest BCUT2D eigenvalue weighted by molar-refractivity contribution is 0.602. The minimum atomic E-state index is -3.20. The number of hydrogen-bond donors (Lipinski definition) is 1. The van der Waals surface area contributed by atoms with Gasteiger partial charge in [-0.25, -0.2) is 13.4 Å². The smallest absolute Gasteiger partial charge is 0.175 e. The third kappa shape index (κ3) is 3.63. The van der Waals surface area contributed by atoms with Crippen molar-refractivity contribution in [3.05, 3.63) is 39.3 Å². The van der Waals surface area contributed by atoms with E-state index in [2.05, 4.69) is 17.2 Å². The van der Waals surface area contributed by atoms with Crippen molar-refractivity contribution in [3.8, 4) is 0 Å². The van der Waals surface area contributed by atoms with E-state index in [1.807, 2.05) is 26.8 Å². The molecule has 0 saturated carbocycles. The Hall–Kier alpha value is -1.40. The van der Waals surface area contributed by atoms with Crippen molar-refractivity contribution < 1.29 is 8.42 Å². The molecule has 1 atom stereocenters. The lowest BCUT2D eigenvalue weighted by Gasteiger charge is -2.17. The van der Waals surface area contributed by atoms with Gasteiger partial charge in [0.2, 0.25) is 0 Å². The van der Waals surface area contributed by atoms with E-state index in [9.17, 15) is 8.42 Å². The fraction of sp³-hybridized carbons (Fsp3) is 0.400. The van der Waals surface area contributed by atoms with Gasteiger partial charge in [0, 0.05) is 16.8 Å². The number of hydrogen-bond acceptors (Lipinski definition) is 5. The molecule has 1 N–H and O–H groups in total. The second-order valence-electron chi connectivity index (χ2n) is 5.29. The third-order valence-corrected chi connectivity index (χ3v) is 5.37. The summed E-state index contributed by atoms with van der Waals surface area (Å²) in [4.78, 5) is 6.06. The van der Waals surface area contributed by atoms with E-state index in [0.717, 1.165) is 22.0 Å². The van der Waals surface area contributed by atoms with E-state index in [1.54, 1.807) is 23.5 Å². The van der Waals surface area contributed by atoms with Gasteiger partial charge in [-0.3, -0.25) is 0 Å². The van der Waals surface area contributed by atoms with Crippen LogP contribution in [-0.2, 0) is 9.84 Å². The summed E-state index contributed by atoms with van der Waals surface area (Å²) in [6.07, 6.45) is 1.22. The van der Waals surface area contributed by atoms with E-state index in [0.29, 0.717) is 4.90 Å². The molecule has 114 valence electrons. The molecule has 0 aliphatic heterocycles. The molecule has 0 saturated heterocycles. The zero-order valence-electron chi connectivity index (χ0n) is 12.9. The van der Waals surface area contributed by atoms with Crippen LogP contribution in [0.4, 0.5) is 5.69 Å². The molecule has 0 spiro atoms. The number of anilines is 1. The highest BCUT2D eigenvalue weighted by Crippen LogP contribution is 2.28. The first kappa shape index (κ1) is 16.0. The minimum absolute atomic E-state index is 0.0310. The molecule has 1 unspecified atom stereocenters. The second-order valence-corrected chi connectivity index (χ2v) is 8.71. The van der Waals surface area contributed by atoms with E-state index in [4.69, 9.17) is 0 Å². The Bertz CT molecular complexity index is 764. The summed E-state index contributed by atoms with van der Waals surface area (Å²) in [6, 6.07) is 5.18. The highest BCUT2D eigenvalue weighted by Gasteiger charge is 2.15. The van der Waals surface area contributed by atoms with Crippen LogP contribution in [0.3, 0.4) is 0 Å². The summed E-state index contributed by atoms with van der Waals surface area (Å²) in [5.74, 6) is 0. The zero-order valence-corrected chi connectivity index (χ0v) is 14.5. The van der Waals surface area contributed by atoms with Crippen molar-refractivity contribution in [2.45, 2.75) is 38.6 Å². The molecular formula is C15H20N2O2S2. The Morgan fingerprint density at radius 2 is 1.90 bits per heavy atom. The van der Waals surface area contributed by atoms with Gasteiger partial charge in [0.05, 0.1) is 21.6 Å². The molecule has 0 aliphatic rings. The molecule has 1 aromatic carbocycles. The van der Waals surface area contributed by atoms with Gasteiger partial charge < -0.3 is 5.32 Å². The van der Waals surface area contributed by atoms with Crippen LogP contribution in [0.25, 0.3) is 0 Å². The standard InChI is InChI=1S/C15H20N2O2S2/c1-9-6-7-13(21(5,18)19)8-14(9)16-10(2)15-11(3)20-12(4)17-15/h6-8,10,16H,1-5H3. The molecule has 1 heterocycles. The Labute approximate surface area is 130 Å². The first-order valence-electron chi connectivity index (χ1n) is 6.69. The molecule has 0 radical (unpaired) electrons. The lowest BCUT2D eigenvalue weighted by Crippen LogP contribution is -2.10. The van der Waals surface area contributed by atoms with Crippen LogP contribution in [-0.4, -0.2) is 19.7 Å². The number of sulfone groups is 1. The van der Waals surface area contributed by atoms with E-state index in [1.165, 1.54) is 11.1 Å². The number of aryl methyl sites for hydroxylation is 3. The third-order valence-electron chi connectivity index (χ3n) is 3.36. The Morgan fingerprint density at radius 1 is 1.24 bits per heavy atom. The first-order valence-corrected chi connectivity index (χ1v) is 9.40. The summed E-state index contributed by atoms with van der Waals surface area (Å²) in [7, 11) is -3.20. The van der Waals surface area contributed by atoms with Crippen molar-refractivity contribution in [1.29, 1.82) is 0 Å². The maximum Gasteiger partial charge on any atom is 0.175 e. The van der Waals surface area contributed by atoms with Crippen LogP contribution >= 0.6 is 11.3 Å². The Balaban J connectivity index is 2.33. The number of nitrogens with zero attached hydrogens (tertiary/aromatic N) is 1. The molecular weight excluding hydrogens is 304 g/mol. The second kappa shape index (κ2) is 5.77. The fourth-order valence-electron chi connectivity index (χ4n) is 2.24. The van der Waals surface area contributed by atoms with Gasteiger partial charge in [-0.15, -0.1) is 11.3 Å². The maximum atomic E-state index is 11.7. The maximum absolute atomic E-state index is 11.7. The van der Waals surface area contributed by atoms with E-state index < -0.39 is 9.84 Å². The number of benzene rings is 1. The molecule has 0 aliphatic carbocycles. The summed E-state index contributed by atoms with van der Waals surface area (Å²) >= 11 is 1.67. The van der Waals surface area contributed by atoms with Gasteiger partial charge in [-0.05, 0) is 45.4 Å². The monoisotopic (exact) mass is 324 g/mol. The van der Waals surface area contributed by atoms with Crippen LogP contribution in [0.1, 0.15) is 34.1 Å². The Morgan fingerprint density at radius 3 is 2.43 bits per heavy atom. The van der Waals surface area contributed by atoms with Crippen molar-refractivity contribution in [1.82, 2.24) is 4.98 Å². The lowest BCUT2D eigenvalue weighted by atomic mass is 10.1. The molecule has 1 aromatic heterocycles. The summed E-state index contributed by atoms with van der Waals surface area (Å²) in [5.41, 5.74) is 2.86. The van der Waals surface area contributed by atoms with Crippen LogP contribution in [0, 0.1) is 20.8 Å². The predicted molar refractivity (Wildman–Crippen MR) is 87.9 cm³/mol. The van der Waals surface area contributed by atoms with Crippen molar-refractivity contribution in [3.63, 3.8) is 0 Å². The topological polar surface area (TPSA) is 59.1 Å². The van der Waals surface area contributed by atoms with Crippen molar-refractivity contribution >= 4 is 26.9 Å². The molecule has 2 aromatic rings. The van der Waals surface area contributed by atoms with Crippen molar-refractivity contribution in [2.75, 3.05) is 11.6 Å². The Kier molecular flexibility index (Phi) is 4.39. The summed E-state index contributed by atoms with van der Waals surface area (Å²) in [5, 5.41) is 4.41. The van der Waals surface area contributed by atoms with Gasteiger partial charge in [0.15, 0.2) is 9.84 Å². The highest BCUT2D eigenvalue weighted by molar-refractivity contribution is 7.90. The van der Waals surface area contributed by atoms with Gasteiger partial charge >= 0.3 is 0 Å². The number of rotatable bonds is 4. The number of nitrogens with one attached hydrogen (secondary N) is 1.